The number of hydrogen-bond acceptors (Lipinski definition) is 4. The minimum Gasteiger partial charge on any atom is -0.491 e. The van der Waals surface area contributed by atoms with Crippen LogP contribution in [0.15, 0.2) is 24.3 Å². The van der Waals surface area contributed by atoms with Crippen LogP contribution in [0.3, 0.4) is 0 Å². The Morgan fingerprint density at radius 2 is 1.94 bits per heavy atom. The van der Waals surface area contributed by atoms with Crippen molar-refractivity contribution in [3.63, 3.8) is 0 Å². The maximum absolute atomic E-state index is 11.4. The third-order valence-corrected chi connectivity index (χ3v) is 2.14. The molecule has 0 unspecified atom stereocenters. The van der Waals surface area contributed by atoms with Gasteiger partial charge in [-0.3, -0.25) is 9.59 Å². The van der Waals surface area contributed by atoms with Crippen LogP contribution in [0, 0.1) is 0 Å². The molecule has 6 heteroatoms. The minimum absolute atomic E-state index is 0.130. The summed E-state index contributed by atoms with van der Waals surface area (Å²) < 4.78 is 5.38. The minimum atomic E-state index is -0.431. The topological polar surface area (TPSA) is 107 Å². The van der Waals surface area contributed by atoms with Crippen LogP contribution in [0.1, 0.15) is 12.8 Å². The second-order valence-corrected chi connectivity index (χ2v) is 3.65. The molecule has 0 radical (unpaired) electrons. The number of amides is 2. The smallest absolute Gasteiger partial charge is 0.225 e. The van der Waals surface area contributed by atoms with E-state index >= 15 is 0 Å². The van der Waals surface area contributed by atoms with Gasteiger partial charge in [0.05, 0.1) is 18.7 Å². The van der Waals surface area contributed by atoms with Crippen molar-refractivity contribution >= 4 is 17.5 Å². The standard InChI is InChI=1S/C12H17N3O3/c13-7-5-12(17)15-9-3-1-2-4-10(9)18-8-6-11(14)16/h1-4H,5-8,13H2,(H2,14,16)(H,15,17). The average Bonchev–Trinajstić information content (AvgIpc) is 2.31. The first-order valence-corrected chi connectivity index (χ1v) is 5.63. The van der Waals surface area contributed by atoms with Gasteiger partial charge in [0.2, 0.25) is 11.8 Å². The predicted molar refractivity (Wildman–Crippen MR) is 68.0 cm³/mol. The fourth-order valence-corrected chi connectivity index (χ4v) is 1.30. The maximum atomic E-state index is 11.4. The number of para-hydroxylation sites is 2. The number of ether oxygens (including phenoxy) is 1. The number of nitrogens with two attached hydrogens (primary N) is 2. The Bertz CT molecular complexity index is 421. The average molecular weight is 251 g/mol. The van der Waals surface area contributed by atoms with Gasteiger partial charge in [-0.2, -0.15) is 0 Å². The fraction of sp³-hybridized carbons (Fsp3) is 0.333. The molecule has 1 aromatic rings. The fourth-order valence-electron chi connectivity index (χ4n) is 1.30. The van der Waals surface area contributed by atoms with Crippen LogP contribution in [0.25, 0.3) is 0 Å². The lowest BCUT2D eigenvalue weighted by atomic mass is 10.2. The number of primary amides is 1. The summed E-state index contributed by atoms with van der Waals surface area (Å²) in [6.45, 7) is 0.468. The number of anilines is 1. The van der Waals surface area contributed by atoms with Gasteiger partial charge in [0.25, 0.3) is 0 Å². The highest BCUT2D eigenvalue weighted by Gasteiger charge is 2.07. The summed E-state index contributed by atoms with van der Waals surface area (Å²) in [7, 11) is 0. The third kappa shape index (κ3) is 4.84. The van der Waals surface area contributed by atoms with Crippen LogP contribution in [0.2, 0.25) is 0 Å². The highest BCUT2D eigenvalue weighted by atomic mass is 16.5. The Hall–Kier alpha value is -2.08. The molecule has 0 bridgehead atoms. The molecule has 0 aliphatic carbocycles. The number of nitrogens with one attached hydrogen (secondary N) is 1. The summed E-state index contributed by atoms with van der Waals surface area (Å²) in [5, 5.41) is 2.69. The van der Waals surface area contributed by atoms with E-state index < -0.39 is 5.91 Å². The van der Waals surface area contributed by atoms with Gasteiger partial charge in [-0.15, -0.1) is 0 Å². The molecule has 0 saturated heterocycles. The van der Waals surface area contributed by atoms with E-state index in [9.17, 15) is 9.59 Å². The first kappa shape index (κ1) is 14.0. The zero-order valence-corrected chi connectivity index (χ0v) is 10.0. The van der Waals surface area contributed by atoms with Crippen molar-refractivity contribution in [3.8, 4) is 5.75 Å². The number of carbonyl (C=O) groups is 2. The lowest BCUT2D eigenvalue weighted by Crippen LogP contribution is -2.18. The third-order valence-electron chi connectivity index (χ3n) is 2.14. The Labute approximate surface area is 105 Å². The largest absolute Gasteiger partial charge is 0.491 e. The molecule has 1 aromatic carbocycles. The summed E-state index contributed by atoms with van der Waals surface area (Å²) in [5.41, 5.74) is 10.9. The number of hydrogen-bond donors (Lipinski definition) is 3. The van der Waals surface area contributed by atoms with E-state index in [1.807, 2.05) is 0 Å². The molecule has 0 heterocycles. The van der Waals surface area contributed by atoms with E-state index in [1.165, 1.54) is 0 Å². The lowest BCUT2D eigenvalue weighted by molar-refractivity contribution is -0.118. The molecule has 0 aliphatic rings. The van der Waals surface area contributed by atoms with E-state index in [0.29, 0.717) is 11.4 Å². The van der Waals surface area contributed by atoms with Crippen molar-refractivity contribution in [1.82, 2.24) is 0 Å². The number of carbonyl (C=O) groups excluding carboxylic acids is 2. The van der Waals surface area contributed by atoms with Gasteiger partial charge in [0.15, 0.2) is 0 Å². The molecule has 2 amide bonds. The maximum Gasteiger partial charge on any atom is 0.225 e. The van der Waals surface area contributed by atoms with Crippen molar-refractivity contribution in [2.45, 2.75) is 12.8 Å². The van der Waals surface area contributed by atoms with E-state index in [0.717, 1.165) is 0 Å². The Kier molecular flexibility index (Phi) is 5.66. The molecule has 98 valence electrons. The van der Waals surface area contributed by atoms with Gasteiger partial charge < -0.3 is 21.5 Å². The monoisotopic (exact) mass is 251 g/mol. The molecule has 0 aromatic heterocycles. The number of rotatable bonds is 7. The second-order valence-electron chi connectivity index (χ2n) is 3.65. The van der Waals surface area contributed by atoms with Crippen LogP contribution in [-0.4, -0.2) is 25.0 Å². The normalized spacial score (nSPS) is 9.83. The Morgan fingerprint density at radius 1 is 1.22 bits per heavy atom. The SMILES string of the molecule is NCCC(=O)Nc1ccccc1OCCC(N)=O. The molecule has 0 aliphatic heterocycles. The van der Waals surface area contributed by atoms with Gasteiger partial charge >= 0.3 is 0 Å². The van der Waals surface area contributed by atoms with Gasteiger partial charge in [-0.1, -0.05) is 12.1 Å². The van der Waals surface area contributed by atoms with Crippen LogP contribution < -0.4 is 21.5 Å². The molecule has 1 rings (SSSR count). The molecule has 0 fully saturated rings. The van der Waals surface area contributed by atoms with Crippen LogP contribution in [0.5, 0.6) is 5.75 Å². The van der Waals surface area contributed by atoms with E-state index in [1.54, 1.807) is 24.3 Å². The summed E-state index contributed by atoms with van der Waals surface area (Å²) in [6.07, 6.45) is 0.376. The molecule has 5 N–H and O–H groups in total. The quantitative estimate of drug-likeness (QED) is 0.644. The van der Waals surface area contributed by atoms with Crippen LogP contribution in [0.4, 0.5) is 5.69 Å². The van der Waals surface area contributed by atoms with E-state index in [-0.39, 0.29) is 31.9 Å². The van der Waals surface area contributed by atoms with Crippen molar-refractivity contribution in [1.29, 1.82) is 0 Å². The summed E-state index contributed by atoms with van der Waals surface area (Å²) in [4.78, 5) is 22.0. The zero-order valence-electron chi connectivity index (χ0n) is 10.0. The first-order chi connectivity index (χ1) is 8.63. The van der Waals surface area contributed by atoms with Gasteiger partial charge in [0, 0.05) is 13.0 Å². The Balaban J connectivity index is 2.61. The van der Waals surface area contributed by atoms with Gasteiger partial charge in [0.1, 0.15) is 5.75 Å². The highest BCUT2D eigenvalue weighted by Crippen LogP contribution is 2.23. The van der Waals surface area contributed by atoms with Crippen molar-refractivity contribution in [2.24, 2.45) is 11.5 Å². The van der Waals surface area contributed by atoms with E-state index in [2.05, 4.69) is 5.32 Å². The number of benzene rings is 1. The zero-order chi connectivity index (χ0) is 13.4. The van der Waals surface area contributed by atoms with Crippen LogP contribution in [-0.2, 0) is 9.59 Å². The summed E-state index contributed by atoms with van der Waals surface area (Å²) in [6, 6.07) is 6.98. The molecular formula is C12H17N3O3. The molecule has 6 nitrogen and oxygen atoms in total. The molecule has 18 heavy (non-hydrogen) atoms. The first-order valence-electron chi connectivity index (χ1n) is 5.63. The van der Waals surface area contributed by atoms with Gasteiger partial charge in [-0.25, -0.2) is 0 Å². The molecular weight excluding hydrogens is 234 g/mol. The van der Waals surface area contributed by atoms with Crippen LogP contribution >= 0.6 is 0 Å². The molecule has 0 saturated carbocycles. The molecule has 0 atom stereocenters. The summed E-state index contributed by atoms with van der Waals surface area (Å²) >= 11 is 0. The predicted octanol–water partition coefficient (Wildman–Crippen LogP) is 0.228. The van der Waals surface area contributed by atoms with Crippen molar-refractivity contribution in [2.75, 3.05) is 18.5 Å². The Morgan fingerprint density at radius 3 is 2.61 bits per heavy atom. The van der Waals surface area contributed by atoms with E-state index in [4.69, 9.17) is 16.2 Å². The lowest BCUT2D eigenvalue weighted by Gasteiger charge is -2.11. The van der Waals surface area contributed by atoms with Crippen molar-refractivity contribution in [3.05, 3.63) is 24.3 Å². The second kappa shape index (κ2) is 7.29. The molecule has 0 spiro atoms. The van der Waals surface area contributed by atoms with Gasteiger partial charge in [-0.05, 0) is 12.1 Å². The summed E-state index contributed by atoms with van der Waals surface area (Å²) in [5.74, 6) is -0.104. The van der Waals surface area contributed by atoms with Crippen molar-refractivity contribution < 1.29 is 14.3 Å². The highest BCUT2D eigenvalue weighted by molar-refractivity contribution is 5.92.